The van der Waals surface area contributed by atoms with Crippen LogP contribution in [0.4, 0.5) is 5.82 Å². The van der Waals surface area contributed by atoms with Crippen LogP contribution in [0.1, 0.15) is 25.0 Å². The van der Waals surface area contributed by atoms with Crippen molar-refractivity contribution in [1.29, 1.82) is 0 Å². The van der Waals surface area contributed by atoms with Gasteiger partial charge in [-0.1, -0.05) is 5.16 Å². The lowest BCUT2D eigenvalue weighted by Gasteiger charge is -2.21. The molecule has 6 nitrogen and oxygen atoms in total. The number of aryl methyl sites for hydroxylation is 1. The first kappa shape index (κ1) is 13.0. The van der Waals surface area contributed by atoms with E-state index in [1.165, 1.54) is 0 Å². The molecule has 0 saturated carbocycles. The molecule has 0 unspecified atom stereocenters. The number of hydrogen-bond acceptors (Lipinski definition) is 5. The number of aromatic nitrogens is 1. The van der Waals surface area contributed by atoms with Crippen molar-refractivity contribution in [3.8, 4) is 0 Å². The van der Waals surface area contributed by atoms with E-state index < -0.39 is 0 Å². The second kappa shape index (κ2) is 5.97. The van der Waals surface area contributed by atoms with Crippen LogP contribution in [0.5, 0.6) is 0 Å². The first-order valence-electron chi connectivity index (χ1n) is 6.27. The fourth-order valence-corrected chi connectivity index (χ4v) is 2.27. The highest BCUT2D eigenvalue weighted by molar-refractivity contribution is 5.89. The molecule has 6 heteroatoms. The van der Waals surface area contributed by atoms with E-state index in [0.29, 0.717) is 24.5 Å². The van der Waals surface area contributed by atoms with Gasteiger partial charge in [0, 0.05) is 25.1 Å². The first-order valence-corrected chi connectivity index (χ1v) is 6.27. The van der Waals surface area contributed by atoms with E-state index in [0.717, 1.165) is 19.4 Å². The van der Waals surface area contributed by atoms with Gasteiger partial charge in [0.05, 0.1) is 6.61 Å². The van der Waals surface area contributed by atoms with Crippen molar-refractivity contribution in [2.24, 2.45) is 0 Å². The van der Waals surface area contributed by atoms with Crippen molar-refractivity contribution < 1.29 is 14.4 Å². The van der Waals surface area contributed by atoms with Crippen molar-refractivity contribution in [3.63, 3.8) is 0 Å². The average molecular weight is 253 g/mol. The Balaban J connectivity index is 1.74. The SMILES string of the molecule is Cc1cc(NC(=O)CCN2CCC[C@@H]2CO)no1. The van der Waals surface area contributed by atoms with Gasteiger partial charge in [0.2, 0.25) is 5.91 Å². The maximum atomic E-state index is 11.7. The molecular weight excluding hydrogens is 234 g/mol. The molecule has 1 aromatic rings. The molecule has 0 radical (unpaired) electrons. The summed E-state index contributed by atoms with van der Waals surface area (Å²) in [6.45, 7) is 3.58. The van der Waals surface area contributed by atoms with Crippen LogP contribution in [0.3, 0.4) is 0 Å². The van der Waals surface area contributed by atoms with Gasteiger partial charge < -0.3 is 14.9 Å². The number of nitrogens with one attached hydrogen (secondary N) is 1. The zero-order valence-electron chi connectivity index (χ0n) is 10.6. The molecule has 1 atom stereocenters. The molecule has 0 aliphatic carbocycles. The van der Waals surface area contributed by atoms with Gasteiger partial charge in [-0.25, -0.2) is 0 Å². The zero-order chi connectivity index (χ0) is 13.0. The zero-order valence-corrected chi connectivity index (χ0v) is 10.6. The van der Waals surface area contributed by atoms with E-state index in [9.17, 15) is 9.90 Å². The Kier molecular flexibility index (Phi) is 4.33. The Hall–Kier alpha value is -1.40. The molecule has 2 heterocycles. The summed E-state index contributed by atoms with van der Waals surface area (Å²) < 4.78 is 4.87. The van der Waals surface area contributed by atoms with Crippen LogP contribution in [0.2, 0.25) is 0 Å². The summed E-state index contributed by atoms with van der Waals surface area (Å²) in [5, 5.41) is 15.6. The molecule has 1 aromatic heterocycles. The number of rotatable bonds is 5. The fraction of sp³-hybridized carbons (Fsp3) is 0.667. The van der Waals surface area contributed by atoms with Crippen LogP contribution in [0.25, 0.3) is 0 Å². The molecule has 1 amide bonds. The lowest BCUT2D eigenvalue weighted by Crippen LogP contribution is -2.34. The molecule has 0 spiro atoms. The number of likely N-dealkylation sites (tertiary alicyclic amines) is 1. The number of hydrogen-bond donors (Lipinski definition) is 2. The smallest absolute Gasteiger partial charge is 0.226 e. The molecule has 1 aliphatic rings. The van der Waals surface area contributed by atoms with Crippen molar-refractivity contribution >= 4 is 11.7 Å². The topological polar surface area (TPSA) is 78.6 Å². The van der Waals surface area contributed by atoms with Gasteiger partial charge in [-0.2, -0.15) is 0 Å². The number of aliphatic hydroxyl groups is 1. The highest BCUT2D eigenvalue weighted by atomic mass is 16.5. The highest BCUT2D eigenvalue weighted by Gasteiger charge is 2.23. The molecule has 0 aromatic carbocycles. The van der Waals surface area contributed by atoms with Gasteiger partial charge in [-0.3, -0.25) is 9.69 Å². The Bertz CT molecular complexity index is 405. The Labute approximate surface area is 106 Å². The predicted molar refractivity (Wildman–Crippen MR) is 66.2 cm³/mol. The number of aliphatic hydroxyl groups excluding tert-OH is 1. The first-order chi connectivity index (χ1) is 8.69. The number of carbonyl (C=O) groups excluding carboxylic acids is 1. The summed E-state index contributed by atoms with van der Waals surface area (Å²) in [7, 11) is 0. The monoisotopic (exact) mass is 253 g/mol. The average Bonchev–Trinajstić information content (AvgIpc) is 2.95. The van der Waals surface area contributed by atoms with Crippen LogP contribution in [0.15, 0.2) is 10.6 Å². The fourth-order valence-electron chi connectivity index (χ4n) is 2.27. The van der Waals surface area contributed by atoms with Crippen LogP contribution >= 0.6 is 0 Å². The third-order valence-corrected chi connectivity index (χ3v) is 3.23. The third-order valence-electron chi connectivity index (χ3n) is 3.23. The van der Waals surface area contributed by atoms with Crippen molar-refractivity contribution in [3.05, 3.63) is 11.8 Å². The second-order valence-corrected chi connectivity index (χ2v) is 4.64. The molecule has 1 fully saturated rings. The molecule has 2 rings (SSSR count). The van der Waals surface area contributed by atoms with Gasteiger partial charge in [0.15, 0.2) is 5.82 Å². The summed E-state index contributed by atoms with van der Waals surface area (Å²) in [6.07, 6.45) is 2.51. The summed E-state index contributed by atoms with van der Waals surface area (Å²) in [5.74, 6) is 1.05. The highest BCUT2D eigenvalue weighted by Crippen LogP contribution is 2.16. The second-order valence-electron chi connectivity index (χ2n) is 4.64. The Morgan fingerprint density at radius 3 is 3.22 bits per heavy atom. The van der Waals surface area contributed by atoms with Crippen molar-refractivity contribution in [2.45, 2.75) is 32.2 Å². The third kappa shape index (κ3) is 3.30. The molecule has 1 aliphatic heterocycles. The molecule has 2 N–H and O–H groups in total. The van der Waals surface area contributed by atoms with Crippen molar-refractivity contribution in [1.82, 2.24) is 10.1 Å². The maximum absolute atomic E-state index is 11.7. The number of amides is 1. The molecule has 1 saturated heterocycles. The number of anilines is 1. The molecule has 18 heavy (non-hydrogen) atoms. The largest absolute Gasteiger partial charge is 0.395 e. The normalized spacial score (nSPS) is 20.2. The molecule has 100 valence electrons. The number of nitrogens with zero attached hydrogens (tertiary/aromatic N) is 2. The lowest BCUT2D eigenvalue weighted by molar-refractivity contribution is -0.116. The minimum absolute atomic E-state index is 0.0770. The van der Waals surface area contributed by atoms with Gasteiger partial charge in [0.25, 0.3) is 0 Å². The standard InChI is InChI=1S/C12H19N3O3/c1-9-7-11(14-18-9)13-12(17)4-6-15-5-2-3-10(15)8-16/h7,10,16H,2-6,8H2,1H3,(H,13,14,17)/t10-/m1/s1. The van der Waals surface area contributed by atoms with E-state index in [4.69, 9.17) is 4.52 Å². The summed E-state index contributed by atoms with van der Waals surface area (Å²) in [4.78, 5) is 13.9. The van der Waals surface area contributed by atoms with Gasteiger partial charge >= 0.3 is 0 Å². The van der Waals surface area contributed by atoms with Gasteiger partial charge in [-0.15, -0.1) is 0 Å². The van der Waals surface area contributed by atoms with Crippen LogP contribution in [0, 0.1) is 6.92 Å². The lowest BCUT2D eigenvalue weighted by atomic mass is 10.2. The number of carbonyl (C=O) groups is 1. The van der Waals surface area contributed by atoms with Crippen LogP contribution < -0.4 is 5.32 Å². The molecule has 0 bridgehead atoms. The van der Waals surface area contributed by atoms with Crippen LogP contribution in [-0.2, 0) is 4.79 Å². The quantitative estimate of drug-likeness (QED) is 0.810. The van der Waals surface area contributed by atoms with E-state index in [1.54, 1.807) is 13.0 Å². The Morgan fingerprint density at radius 2 is 2.56 bits per heavy atom. The summed E-state index contributed by atoms with van der Waals surface area (Å²) in [5.41, 5.74) is 0. The minimum Gasteiger partial charge on any atom is -0.395 e. The Morgan fingerprint density at radius 1 is 1.72 bits per heavy atom. The minimum atomic E-state index is -0.0770. The van der Waals surface area contributed by atoms with E-state index in [-0.39, 0.29) is 18.6 Å². The van der Waals surface area contributed by atoms with E-state index >= 15 is 0 Å². The maximum Gasteiger partial charge on any atom is 0.226 e. The van der Waals surface area contributed by atoms with Gasteiger partial charge in [-0.05, 0) is 26.3 Å². The van der Waals surface area contributed by atoms with E-state index in [1.807, 2.05) is 0 Å². The van der Waals surface area contributed by atoms with Crippen molar-refractivity contribution in [2.75, 3.05) is 25.0 Å². The molecular formula is C12H19N3O3. The predicted octanol–water partition coefficient (Wildman–Crippen LogP) is 0.768. The summed E-state index contributed by atoms with van der Waals surface area (Å²) >= 11 is 0. The van der Waals surface area contributed by atoms with Gasteiger partial charge in [0.1, 0.15) is 5.76 Å². The van der Waals surface area contributed by atoms with Crippen LogP contribution in [-0.4, -0.2) is 46.8 Å². The van der Waals surface area contributed by atoms with E-state index in [2.05, 4.69) is 15.4 Å². The summed E-state index contributed by atoms with van der Waals surface area (Å²) in [6, 6.07) is 1.90.